The minimum Gasteiger partial charge on any atom is -0.481 e. The van der Waals surface area contributed by atoms with E-state index in [2.05, 4.69) is 15.3 Å². The van der Waals surface area contributed by atoms with Gasteiger partial charge in [0.1, 0.15) is 12.2 Å². The Bertz CT molecular complexity index is 544. The van der Waals surface area contributed by atoms with E-state index in [1.807, 2.05) is 0 Å². The first-order chi connectivity index (χ1) is 8.66. The molecule has 0 aliphatic heterocycles. The molecule has 0 radical (unpaired) electrons. The van der Waals surface area contributed by atoms with Gasteiger partial charge in [0.05, 0.1) is 30.4 Å². The molecule has 94 valence electrons. The highest BCUT2D eigenvalue weighted by Gasteiger charge is 2.16. The summed E-state index contributed by atoms with van der Waals surface area (Å²) >= 11 is 0. The van der Waals surface area contributed by atoms with Crippen LogP contribution in [0, 0.1) is 0 Å². The maximum atomic E-state index is 11.8. The highest BCUT2D eigenvalue weighted by molar-refractivity contribution is 5.95. The van der Waals surface area contributed by atoms with Gasteiger partial charge in [0.25, 0.3) is 5.91 Å². The number of furan rings is 1. The van der Waals surface area contributed by atoms with Crippen molar-refractivity contribution in [2.45, 2.75) is 13.0 Å². The van der Waals surface area contributed by atoms with E-state index in [-0.39, 0.29) is 30.2 Å². The number of aromatic amines is 1. The molecular weight excluding hydrogens is 238 g/mol. The molecule has 18 heavy (non-hydrogen) atoms. The Balaban J connectivity index is 2.00. The van der Waals surface area contributed by atoms with Crippen LogP contribution < -0.4 is 5.32 Å². The third kappa shape index (κ3) is 2.76. The van der Waals surface area contributed by atoms with Gasteiger partial charge in [-0.25, -0.2) is 4.98 Å². The molecule has 2 heterocycles. The molecule has 7 nitrogen and oxygen atoms in total. The lowest BCUT2D eigenvalue weighted by molar-refractivity contribution is -0.136. The molecule has 0 aromatic carbocycles. The maximum absolute atomic E-state index is 11.8. The van der Waals surface area contributed by atoms with Gasteiger partial charge in [0.2, 0.25) is 0 Å². The number of carbonyl (C=O) groups is 2. The van der Waals surface area contributed by atoms with Crippen molar-refractivity contribution < 1.29 is 19.1 Å². The molecule has 1 amide bonds. The van der Waals surface area contributed by atoms with Gasteiger partial charge < -0.3 is 19.8 Å². The summed E-state index contributed by atoms with van der Waals surface area (Å²) in [6.45, 7) is 0.288. The van der Waals surface area contributed by atoms with Crippen LogP contribution in [0.15, 0.2) is 29.3 Å². The fourth-order valence-electron chi connectivity index (χ4n) is 1.47. The third-order valence-electron chi connectivity index (χ3n) is 2.30. The Morgan fingerprint density at radius 3 is 3.00 bits per heavy atom. The topological polar surface area (TPSA) is 108 Å². The number of nitrogens with zero attached hydrogens (tertiary/aromatic N) is 1. The summed E-state index contributed by atoms with van der Waals surface area (Å²) in [5.74, 6) is -1.29. The average Bonchev–Trinajstić information content (AvgIpc) is 2.95. The Hall–Kier alpha value is -2.57. The summed E-state index contributed by atoms with van der Waals surface area (Å²) in [6, 6.07) is 1.45. The predicted molar refractivity (Wildman–Crippen MR) is 59.8 cm³/mol. The maximum Gasteiger partial charge on any atom is 0.311 e. The van der Waals surface area contributed by atoms with E-state index < -0.39 is 5.97 Å². The highest BCUT2D eigenvalue weighted by Crippen LogP contribution is 2.11. The minimum atomic E-state index is -1.05. The number of carboxylic acid groups (broad SMARTS) is 1. The van der Waals surface area contributed by atoms with Gasteiger partial charge in [-0.3, -0.25) is 9.59 Å². The Morgan fingerprint density at radius 1 is 1.50 bits per heavy atom. The molecular formula is C11H11N3O4. The number of carbonyl (C=O) groups excluding carboxylic acids is 1. The largest absolute Gasteiger partial charge is 0.481 e. The Kier molecular flexibility index (Phi) is 3.42. The quantitative estimate of drug-likeness (QED) is 0.717. The van der Waals surface area contributed by atoms with Crippen molar-refractivity contribution in [2.75, 3.05) is 0 Å². The lowest BCUT2D eigenvalue weighted by Gasteiger charge is -2.02. The second-order valence-electron chi connectivity index (χ2n) is 3.59. The predicted octanol–water partition coefficient (Wildman–Crippen LogP) is 0.560. The number of aliphatic carboxylic acids is 1. The number of rotatable bonds is 5. The SMILES string of the molecule is O=C(O)Cc1occc1C(=O)NCc1cnc[nH]1. The molecule has 2 aromatic rings. The molecule has 0 atom stereocenters. The van der Waals surface area contributed by atoms with Crippen LogP contribution in [0.2, 0.25) is 0 Å². The minimum absolute atomic E-state index is 0.143. The van der Waals surface area contributed by atoms with E-state index in [1.54, 1.807) is 6.20 Å². The van der Waals surface area contributed by atoms with Crippen molar-refractivity contribution in [3.8, 4) is 0 Å². The lowest BCUT2D eigenvalue weighted by Crippen LogP contribution is -2.23. The van der Waals surface area contributed by atoms with Crippen LogP contribution in [-0.2, 0) is 17.8 Å². The summed E-state index contributed by atoms with van der Waals surface area (Å²) in [4.78, 5) is 29.0. The van der Waals surface area contributed by atoms with Gasteiger partial charge in [-0.05, 0) is 6.07 Å². The first-order valence-corrected chi connectivity index (χ1v) is 5.20. The fourth-order valence-corrected chi connectivity index (χ4v) is 1.47. The average molecular weight is 249 g/mol. The molecule has 7 heteroatoms. The van der Waals surface area contributed by atoms with Crippen LogP contribution in [0.1, 0.15) is 21.8 Å². The Labute approximate surface area is 102 Å². The number of amides is 1. The fraction of sp³-hybridized carbons (Fsp3) is 0.182. The zero-order valence-corrected chi connectivity index (χ0v) is 9.34. The number of hydrogen-bond donors (Lipinski definition) is 3. The molecule has 0 aliphatic rings. The van der Waals surface area contributed by atoms with Crippen LogP contribution in [-0.4, -0.2) is 27.0 Å². The highest BCUT2D eigenvalue weighted by atomic mass is 16.4. The first kappa shape index (κ1) is 11.9. The molecule has 3 N–H and O–H groups in total. The van der Waals surface area contributed by atoms with Crippen LogP contribution in [0.25, 0.3) is 0 Å². The smallest absolute Gasteiger partial charge is 0.311 e. The van der Waals surface area contributed by atoms with Gasteiger partial charge >= 0.3 is 5.97 Å². The standard InChI is InChI=1S/C11H11N3O4/c15-10(16)3-9-8(1-2-18-9)11(17)13-5-7-4-12-6-14-7/h1-2,4,6H,3,5H2,(H,12,14)(H,13,17)(H,15,16). The van der Waals surface area contributed by atoms with Crippen molar-refractivity contribution in [1.82, 2.24) is 15.3 Å². The van der Waals surface area contributed by atoms with E-state index in [9.17, 15) is 9.59 Å². The first-order valence-electron chi connectivity index (χ1n) is 5.20. The molecule has 2 aromatic heterocycles. The number of nitrogens with one attached hydrogen (secondary N) is 2. The van der Waals surface area contributed by atoms with E-state index in [0.29, 0.717) is 0 Å². The van der Waals surface area contributed by atoms with E-state index in [4.69, 9.17) is 9.52 Å². The number of H-pyrrole nitrogens is 1. The lowest BCUT2D eigenvalue weighted by atomic mass is 10.2. The van der Waals surface area contributed by atoms with E-state index in [0.717, 1.165) is 5.69 Å². The van der Waals surface area contributed by atoms with Crippen molar-refractivity contribution in [1.29, 1.82) is 0 Å². The van der Waals surface area contributed by atoms with Gasteiger partial charge in [-0.15, -0.1) is 0 Å². The number of aromatic nitrogens is 2. The molecule has 0 fully saturated rings. The third-order valence-corrected chi connectivity index (χ3v) is 2.30. The second kappa shape index (κ2) is 5.17. The van der Waals surface area contributed by atoms with Gasteiger partial charge in [0, 0.05) is 6.20 Å². The zero-order valence-electron chi connectivity index (χ0n) is 9.34. The Morgan fingerprint density at radius 2 is 2.33 bits per heavy atom. The second-order valence-corrected chi connectivity index (χ2v) is 3.59. The summed E-state index contributed by atoms with van der Waals surface area (Å²) < 4.78 is 4.97. The monoisotopic (exact) mass is 249 g/mol. The van der Waals surface area contributed by atoms with Crippen molar-refractivity contribution in [3.05, 3.63) is 41.9 Å². The van der Waals surface area contributed by atoms with Gasteiger partial charge in [-0.2, -0.15) is 0 Å². The summed E-state index contributed by atoms with van der Waals surface area (Å²) in [6.07, 6.45) is 4.08. The molecule has 0 bridgehead atoms. The van der Waals surface area contributed by atoms with E-state index in [1.165, 1.54) is 18.7 Å². The molecule has 0 saturated heterocycles. The normalized spacial score (nSPS) is 10.2. The zero-order chi connectivity index (χ0) is 13.0. The number of hydrogen-bond acceptors (Lipinski definition) is 4. The van der Waals surface area contributed by atoms with Crippen LogP contribution in [0.4, 0.5) is 0 Å². The summed E-state index contributed by atoms with van der Waals surface area (Å²) in [5.41, 5.74) is 0.989. The van der Waals surface area contributed by atoms with Crippen LogP contribution >= 0.6 is 0 Å². The van der Waals surface area contributed by atoms with Gasteiger partial charge in [-0.1, -0.05) is 0 Å². The number of carboxylic acids is 1. The van der Waals surface area contributed by atoms with Crippen molar-refractivity contribution in [2.24, 2.45) is 0 Å². The van der Waals surface area contributed by atoms with Gasteiger partial charge in [0.15, 0.2) is 0 Å². The molecule has 0 spiro atoms. The summed E-state index contributed by atoms with van der Waals surface area (Å²) in [5, 5.41) is 11.3. The molecule has 0 unspecified atom stereocenters. The molecule has 0 saturated carbocycles. The summed E-state index contributed by atoms with van der Waals surface area (Å²) in [7, 11) is 0. The van der Waals surface area contributed by atoms with E-state index >= 15 is 0 Å². The van der Waals surface area contributed by atoms with Crippen molar-refractivity contribution >= 4 is 11.9 Å². The number of imidazole rings is 1. The van der Waals surface area contributed by atoms with Crippen LogP contribution in [0.5, 0.6) is 0 Å². The van der Waals surface area contributed by atoms with Crippen molar-refractivity contribution in [3.63, 3.8) is 0 Å². The molecule has 2 rings (SSSR count). The molecule has 0 aliphatic carbocycles. The van der Waals surface area contributed by atoms with Crippen LogP contribution in [0.3, 0.4) is 0 Å².